The summed E-state index contributed by atoms with van der Waals surface area (Å²) >= 11 is 0. The first kappa shape index (κ1) is 30.3. The molecule has 0 radical (unpaired) electrons. The van der Waals surface area contributed by atoms with Gasteiger partial charge in [0.1, 0.15) is 18.3 Å². The maximum absolute atomic E-state index is 12.0. The molecule has 0 aromatic heterocycles. The molecular weight excluding hydrogens is 444 g/mol. The largest absolute Gasteiger partial charge is 0.481 e. The van der Waals surface area contributed by atoms with Gasteiger partial charge >= 0.3 is 11.9 Å². The van der Waals surface area contributed by atoms with Gasteiger partial charge in [0.2, 0.25) is 0 Å². The minimum atomic E-state index is -1.32. The van der Waals surface area contributed by atoms with E-state index in [0.717, 1.165) is 25.3 Å². The van der Waals surface area contributed by atoms with Crippen LogP contribution in [0.15, 0.2) is 23.8 Å². The van der Waals surface area contributed by atoms with Crippen LogP contribution in [0.4, 0.5) is 0 Å². The highest BCUT2D eigenvalue weighted by Gasteiger charge is 2.41. The maximum atomic E-state index is 12.0. The molecule has 0 aliphatic carbocycles. The first-order valence-electron chi connectivity index (χ1n) is 12.1. The fourth-order valence-electron chi connectivity index (χ4n) is 3.67. The quantitative estimate of drug-likeness (QED) is 0.101. The number of esters is 1. The molecule has 0 bridgehead atoms. The van der Waals surface area contributed by atoms with Crippen molar-refractivity contribution in [3.63, 3.8) is 0 Å². The van der Waals surface area contributed by atoms with Crippen LogP contribution < -0.4 is 0 Å². The number of unbranched alkanes of at least 4 members (excludes halogenated alkanes) is 4. The second kappa shape index (κ2) is 16.0. The molecule has 1 rings (SSSR count). The summed E-state index contributed by atoms with van der Waals surface area (Å²) in [5.41, 5.74) is 0.263. The summed E-state index contributed by atoms with van der Waals surface area (Å²) in [5.74, 6) is -1.79. The van der Waals surface area contributed by atoms with Gasteiger partial charge in [0.25, 0.3) is 0 Å². The normalized spacial score (nSPS) is 26.3. The fourth-order valence-corrected chi connectivity index (χ4v) is 3.67. The Kier molecular flexibility index (Phi) is 14.2. The van der Waals surface area contributed by atoms with E-state index in [1.807, 2.05) is 19.1 Å². The minimum Gasteiger partial charge on any atom is -0.481 e. The molecule has 1 saturated heterocycles. The Morgan fingerprint density at radius 2 is 1.71 bits per heavy atom. The summed E-state index contributed by atoms with van der Waals surface area (Å²) in [4.78, 5) is 22.5. The van der Waals surface area contributed by atoms with Crippen LogP contribution in [0.3, 0.4) is 0 Å². The third kappa shape index (κ3) is 11.1. The number of hydrogen-bond donors (Lipinski definition) is 5. The molecule has 1 heterocycles. The lowest BCUT2D eigenvalue weighted by atomic mass is 9.86. The number of carbonyl (C=O) groups excluding carboxylic acids is 1. The van der Waals surface area contributed by atoms with Crippen LogP contribution in [-0.4, -0.2) is 81.2 Å². The Labute approximate surface area is 202 Å². The van der Waals surface area contributed by atoms with Crippen molar-refractivity contribution in [2.24, 2.45) is 11.8 Å². The molecular formula is C25H42O9. The molecule has 0 aromatic rings. The number of carboxylic acids is 1. The molecule has 196 valence electrons. The van der Waals surface area contributed by atoms with Gasteiger partial charge in [-0.3, -0.25) is 4.79 Å². The Balaban J connectivity index is 2.41. The number of aliphatic hydroxyl groups excluding tert-OH is 4. The van der Waals surface area contributed by atoms with E-state index in [4.69, 9.17) is 14.6 Å². The maximum Gasteiger partial charge on any atom is 0.330 e. The summed E-state index contributed by atoms with van der Waals surface area (Å²) in [7, 11) is 0. The van der Waals surface area contributed by atoms with E-state index in [-0.39, 0.29) is 37.0 Å². The van der Waals surface area contributed by atoms with E-state index in [9.17, 15) is 30.0 Å². The molecule has 9 heteroatoms. The molecule has 0 aromatic carbocycles. The minimum absolute atomic E-state index is 0.0301. The Hall–Kier alpha value is -1.78. The standard InChI is InChI=1S/C25H42O9/c1-16(18(3)26)10-9-11-19-15-34-25(24(32)23(19)31)22(30)17(2)14-21(29)33-13-8-6-4-5-7-12-20(27)28/h9-10,14,16,18-19,22-26,30-32H,4-8,11-13,15H2,1-3H3,(H,27,28)/b10-9+,17-14+/t16-,18-,19+,22-,23-,24-,25+/m1/s1. The van der Waals surface area contributed by atoms with Crippen molar-refractivity contribution in [1.82, 2.24) is 0 Å². The van der Waals surface area contributed by atoms with Gasteiger partial charge in [0.05, 0.1) is 25.4 Å². The molecule has 7 atom stereocenters. The summed E-state index contributed by atoms with van der Waals surface area (Å²) in [6, 6.07) is 0. The molecule has 0 saturated carbocycles. The molecule has 0 amide bonds. The molecule has 1 fully saturated rings. The zero-order valence-corrected chi connectivity index (χ0v) is 20.5. The van der Waals surface area contributed by atoms with Crippen LogP contribution in [0.2, 0.25) is 0 Å². The van der Waals surface area contributed by atoms with Crippen LogP contribution in [0, 0.1) is 11.8 Å². The molecule has 9 nitrogen and oxygen atoms in total. The second-order valence-electron chi connectivity index (χ2n) is 9.21. The van der Waals surface area contributed by atoms with Crippen LogP contribution in [0.1, 0.15) is 65.7 Å². The van der Waals surface area contributed by atoms with Gasteiger partial charge in [0.15, 0.2) is 0 Å². The van der Waals surface area contributed by atoms with Crippen LogP contribution >= 0.6 is 0 Å². The van der Waals surface area contributed by atoms with Crippen molar-refractivity contribution in [3.8, 4) is 0 Å². The van der Waals surface area contributed by atoms with E-state index in [0.29, 0.717) is 19.3 Å². The highest BCUT2D eigenvalue weighted by atomic mass is 16.5. The lowest BCUT2D eigenvalue weighted by Crippen LogP contribution is -2.54. The molecule has 34 heavy (non-hydrogen) atoms. The number of ether oxygens (including phenoxy) is 2. The summed E-state index contributed by atoms with van der Waals surface area (Å²) < 4.78 is 10.8. The topological polar surface area (TPSA) is 154 Å². The average Bonchev–Trinajstić information content (AvgIpc) is 2.77. The third-order valence-corrected chi connectivity index (χ3v) is 6.21. The monoisotopic (exact) mass is 486 g/mol. The number of aliphatic carboxylic acids is 1. The molecule has 1 aliphatic rings. The average molecular weight is 487 g/mol. The molecule has 5 N–H and O–H groups in total. The second-order valence-corrected chi connectivity index (χ2v) is 9.21. The van der Waals surface area contributed by atoms with Gasteiger partial charge in [-0.25, -0.2) is 4.79 Å². The van der Waals surface area contributed by atoms with E-state index in [2.05, 4.69) is 0 Å². The zero-order chi connectivity index (χ0) is 25.7. The van der Waals surface area contributed by atoms with Crippen molar-refractivity contribution in [2.45, 2.75) is 96.2 Å². The first-order chi connectivity index (χ1) is 16.0. The molecule has 1 aliphatic heterocycles. The fraction of sp³-hybridized carbons (Fsp3) is 0.760. The van der Waals surface area contributed by atoms with E-state index in [1.54, 1.807) is 6.92 Å². The summed E-state index contributed by atoms with van der Waals surface area (Å²) in [5, 5.41) is 49.6. The predicted octanol–water partition coefficient (Wildman–Crippen LogP) is 1.96. The number of carbonyl (C=O) groups is 2. The van der Waals surface area contributed by atoms with Crippen molar-refractivity contribution >= 4 is 11.9 Å². The van der Waals surface area contributed by atoms with Gasteiger partial charge in [-0.15, -0.1) is 0 Å². The highest BCUT2D eigenvalue weighted by molar-refractivity contribution is 5.82. The van der Waals surface area contributed by atoms with Crippen LogP contribution in [-0.2, 0) is 19.1 Å². The van der Waals surface area contributed by atoms with Gasteiger partial charge in [-0.2, -0.15) is 0 Å². The Bertz CT molecular complexity index is 673. The number of aliphatic hydroxyl groups is 4. The van der Waals surface area contributed by atoms with E-state index in [1.165, 1.54) is 6.92 Å². The Morgan fingerprint density at radius 1 is 1.06 bits per heavy atom. The van der Waals surface area contributed by atoms with Crippen molar-refractivity contribution in [2.75, 3.05) is 13.2 Å². The van der Waals surface area contributed by atoms with Gasteiger partial charge < -0.3 is 35.0 Å². The molecule has 0 spiro atoms. The van der Waals surface area contributed by atoms with E-state index < -0.39 is 42.5 Å². The summed E-state index contributed by atoms with van der Waals surface area (Å²) in [6.45, 7) is 5.46. The van der Waals surface area contributed by atoms with Crippen molar-refractivity contribution in [3.05, 3.63) is 23.8 Å². The number of carboxylic acid groups (broad SMARTS) is 1. The van der Waals surface area contributed by atoms with Crippen LogP contribution in [0.25, 0.3) is 0 Å². The molecule has 0 unspecified atom stereocenters. The number of rotatable bonds is 15. The highest BCUT2D eigenvalue weighted by Crippen LogP contribution is 2.27. The van der Waals surface area contributed by atoms with Crippen LogP contribution in [0.5, 0.6) is 0 Å². The lowest BCUT2D eigenvalue weighted by molar-refractivity contribution is -0.187. The number of allylic oxidation sites excluding steroid dienone is 1. The zero-order valence-electron chi connectivity index (χ0n) is 20.5. The number of hydrogen-bond acceptors (Lipinski definition) is 8. The summed E-state index contributed by atoms with van der Waals surface area (Å²) in [6.07, 6.45) is 4.04. The van der Waals surface area contributed by atoms with Crippen molar-refractivity contribution < 1.29 is 44.6 Å². The Morgan fingerprint density at radius 3 is 2.35 bits per heavy atom. The van der Waals surface area contributed by atoms with Gasteiger partial charge in [-0.05, 0) is 44.6 Å². The lowest BCUT2D eigenvalue weighted by Gasteiger charge is -2.39. The SMILES string of the molecule is C/C(=C\C(=O)OCCCCCCCC(=O)O)[C@@H](O)[C@@H]1OC[C@H](C/C=C/[C@@H](C)[C@@H](C)O)[C@@H](O)[C@H]1O. The van der Waals surface area contributed by atoms with Crippen molar-refractivity contribution in [1.29, 1.82) is 0 Å². The third-order valence-electron chi connectivity index (χ3n) is 6.21. The van der Waals surface area contributed by atoms with Gasteiger partial charge in [0, 0.05) is 18.4 Å². The predicted molar refractivity (Wildman–Crippen MR) is 126 cm³/mol. The first-order valence-corrected chi connectivity index (χ1v) is 12.1. The van der Waals surface area contributed by atoms with E-state index >= 15 is 0 Å². The smallest absolute Gasteiger partial charge is 0.330 e. The van der Waals surface area contributed by atoms with Gasteiger partial charge in [-0.1, -0.05) is 38.3 Å².